The number of hydrogen-bond donors (Lipinski definition) is 2. The van der Waals surface area contributed by atoms with Gasteiger partial charge in [-0.3, -0.25) is 4.79 Å². The van der Waals surface area contributed by atoms with E-state index in [1.807, 2.05) is 0 Å². The fraction of sp³-hybridized carbons (Fsp3) is 0.308. The average Bonchev–Trinajstić information content (AvgIpc) is 2.71. The van der Waals surface area contributed by atoms with Gasteiger partial charge in [0.2, 0.25) is 5.91 Å². The number of aliphatic hydroxyl groups is 2. The number of β-amino-alcohol motifs (C(OH)–C–C–N with tert-alkyl or cyclic N) is 2. The van der Waals surface area contributed by atoms with Gasteiger partial charge in [0.1, 0.15) is 5.82 Å². The lowest BCUT2D eigenvalue weighted by molar-refractivity contribution is -0.125. The number of likely N-dealkylation sites (tertiary alicyclic amines) is 1. The van der Waals surface area contributed by atoms with Crippen LogP contribution < -0.4 is 0 Å². The van der Waals surface area contributed by atoms with Crippen molar-refractivity contribution in [2.45, 2.75) is 12.2 Å². The molecule has 6 heteroatoms. The molecule has 0 bridgehead atoms. The van der Waals surface area contributed by atoms with Gasteiger partial charge in [0, 0.05) is 19.2 Å². The van der Waals surface area contributed by atoms with Gasteiger partial charge in [-0.15, -0.1) is 0 Å². The Morgan fingerprint density at radius 2 is 2.00 bits per heavy atom. The van der Waals surface area contributed by atoms with Crippen LogP contribution in [-0.4, -0.2) is 46.3 Å². The molecule has 1 aliphatic heterocycles. The van der Waals surface area contributed by atoms with Gasteiger partial charge in [0.25, 0.3) is 0 Å². The van der Waals surface area contributed by atoms with E-state index in [1.165, 1.54) is 35.3 Å². The van der Waals surface area contributed by atoms with Crippen LogP contribution >= 0.6 is 11.6 Å². The van der Waals surface area contributed by atoms with E-state index in [4.69, 9.17) is 11.6 Å². The first-order valence-electron chi connectivity index (χ1n) is 5.75. The standard InChI is InChI=1S/C13H13ClFNO3/c14-9-5-8(1-3-10(9)15)2-4-13(19)16-6-11(17)12(18)7-16/h1-5,11-12,17-18H,6-7H2/b4-2+. The van der Waals surface area contributed by atoms with E-state index < -0.39 is 18.0 Å². The first kappa shape index (κ1) is 14.0. The summed E-state index contributed by atoms with van der Waals surface area (Å²) in [7, 11) is 0. The van der Waals surface area contributed by atoms with Crippen molar-refractivity contribution < 1.29 is 19.4 Å². The molecule has 102 valence electrons. The van der Waals surface area contributed by atoms with Gasteiger partial charge in [0.05, 0.1) is 17.2 Å². The zero-order valence-electron chi connectivity index (χ0n) is 9.96. The number of carbonyl (C=O) groups excluding carboxylic acids is 1. The second kappa shape index (κ2) is 5.69. The van der Waals surface area contributed by atoms with Crippen LogP contribution in [0.5, 0.6) is 0 Å². The van der Waals surface area contributed by atoms with Crippen LogP contribution in [0, 0.1) is 5.82 Å². The van der Waals surface area contributed by atoms with Crippen molar-refractivity contribution in [2.24, 2.45) is 0 Å². The molecule has 1 heterocycles. The summed E-state index contributed by atoms with van der Waals surface area (Å²) in [5.41, 5.74) is 0.597. The molecule has 2 rings (SSSR count). The molecule has 0 aliphatic carbocycles. The molecule has 1 fully saturated rings. The monoisotopic (exact) mass is 285 g/mol. The predicted octanol–water partition coefficient (Wildman–Crippen LogP) is 1.06. The topological polar surface area (TPSA) is 60.8 Å². The first-order chi connectivity index (χ1) is 8.97. The SMILES string of the molecule is O=C(/C=C/c1ccc(F)c(Cl)c1)N1CC(O)C(O)C1. The molecular formula is C13H13ClFNO3. The predicted molar refractivity (Wildman–Crippen MR) is 69.0 cm³/mol. The van der Waals surface area contributed by atoms with Crippen molar-refractivity contribution in [1.82, 2.24) is 4.90 Å². The van der Waals surface area contributed by atoms with E-state index in [0.717, 1.165) is 0 Å². The summed E-state index contributed by atoms with van der Waals surface area (Å²) in [6.07, 6.45) is 0.995. The Balaban J connectivity index is 2.02. The second-order valence-corrected chi connectivity index (χ2v) is 4.79. The van der Waals surface area contributed by atoms with Crippen LogP contribution in [0.15, 0.2) is 24.3 Å². The average molecular weight is 286 g/mol. The molecule has 2 unspecified atom stereocenters. The van der Waals surface area contributed by atoms with E-state index in [-0.39, 0.29) is 24.0 Å². The molecule has 4 nitrogen and oxygen atoms in total. The third-order valence-electron chi connectivity index (χ3n) is 2.93. The Kier molecular flexibility index (Phi) is 4.19. The number of carbonyl (C=O) groups is 1. The Labute approximate surface area is 114 Å². The van der Waals surface area contributed by atoms with Gasteiger partial charge in [-0.1, -0.05) is 17.7 Å². The Morgan fingerprint density at radius 3 is 2.58 bits per heavy atom. The number of hydrogen-bond acceptors (Lipinski definition) is 3. The van der Waals surface area contributed by atoms with Gasteiger partial charge in [-0.05, 0) is 23.8 Å². The lowest BCUT2D eigenvalue weighted by Crippen LogP contribution is -2.27. The van der Waals surface area contributed by atoms with Crippen molar-refractivity contribution in [3.63, 3.8) is 0 Å². The van der Waals surface area contributed by atoms with Crippen LogP contribution in [0.3, 0.4) is 0 Å². The van der Waals surface area contributed by atoms with E-state index in [2.05, 4.69) is 0 Å². The molecule has 0 saturated carbocycles. The molecule has 2 atom stereocenters. The largest absolute Gasteiger partial charge is 0.388 e. The van der Waals surface area contributed by atoms with Crippen LogP contribution in [0.2, 0.25) is 5.02 Å². The minimum absolute atomic E-state index is 0.0124. The lowest BCUT2D eigenvalue weighted by Gasteiger charge is -2.12. The Bertz CT molecular complexity index is 511. The smallest absolute Gasteiger partial charge is 0.246 e. The summed E-state index contributed by atoms with van der Waals surface area (Å²) in [6, 6.07) is 4.13. The summed E-state index contributed by atoms with van der Waals surface area (Å²) in [6.45, 7) is 0.211. The number of nitrogens with zero attached hydrogens (tertiary/aromatic N) is 1. The quantitative estimate of drug-likeness (QED) is 0.799. The maximum Gasteiger partial charge on any atom is 0.246 e. The molecule has 0 radical (unpaired) electrons. The van der Waals surface area contributed by atoms with Gasteiger partial charge in [-0.2, -0.15) is 0 Å². The second-order valence-electron chi connectivity index (χ2n) is 4.38. The van der Waals surface area contributed by atoms with Crippen LogP contribution in [0.4, 0.5) is 4.39 Å². The number of aliphatic hydroxyl groups excluding tert-OH is 2. The first-order valence-corrected chi connectivity index (χ1v) is 6.13. The number of amides is 1. The third-order valence-corrected chi connectivity index (χ3v) is 3.22. The molecule has 1 aliphatic rings. The fourth-order valence-electron chi connectivity index (χ4n) is 1.84. The molecule has 1 amide bonds. The fourth-order valence-corrected chi connectivity index (χ4v) is 2.03. The van der Waals surface area contributed by atoms with Crippen molar-refractivity contribution >= 4 is 23.6 Å². The summed E-state index contributed by atoms with van der Waals surface area (Å²) < 4.78 is 12.9. The minimum Gasteiger partial charge on any atom is -0.388 e. The third kappa shape index (κ3) is 3.32. The van der Waals surface area contributed by atoms with E-state index in [9.17, 15) is 19.4 Å². The maximum atomic E-state index is 12.9. The zero-order chi connectivity index (χ0) is 14.0. The minimum atomic E-state index is -0.905. The van der Waals surface area contributed by atoms with Crippen LogP contribution in [0.1, 0.15) is 5.56 Å². The van der Waals surface area contributed by atoms with Gasteiger partial charge >= 0.3 is 0 Å². The Morgan fingerprint density at radius 1 is 1.37 bits per heavy atom. The molecular weight excluding hydrogens is 273 g/mol. The van der Waals surface area contributed by atoms with Crippen molar-refractivity contribution in [3.05, 3.63) is 40.7 Å². The summed E-state index contributed by atoms with van der Waals surface area (Å²) in [5.74, 6) is -0.841. The summed E-state index contributed by atoms with van der Waals surface area (Å²) >= 11 is 5.62. The number of halogens is 2. The lowest BCUT2D eigenvalue weighted by atomic mass is 10.2. The van der Waals surface area contributed by atoms with Gasteiger partial charge < -0.3 is 15.1 Å². The van der Waals surface area contributed by atoms with E-state index in [1.54, 1.807) is 0 Å². The van der Waals surface area contributed by atoms with Crippen molar-refractivity contribution in [2.75, 3.05) is 13.1 Å². The molecule has 0 spiro atoms. The molecule has 0 aromatic heterocycles. The van der Waals surface area contributed by atoms with Gasteiger partial charge in [0.15, 0.2) is 0 Å². The molecule has 1 aromatic rings. The number of rotatable bonds is 2. The van der Waals surface area contributed by atoms with Gasteiger partial charge in [-0.25, -0.2) is 4.39 Å². The van der Waals surface area contributed by atoms with E-state index in [0.29, 0.717) is 5.56 Å². The van der Waals surface area contributed by atoms with Crippen LogP contribution in [0.25, 0.3) is 6.08 Å². The molecule has 1 saturated heterocycles. The van der Waals surface area contributed by atoms with E-state index >= 15 is 0 Å². The molecule has 19 heavy (non-hydrogen) atoms. The highest BCUT2D eigenvalue weighted by Gasteiger charge is 2.31. The highest BCUT2D eigenvalue weighted by molar-refractivity contribution is 6.30. The van der Waals surface area contributed by atoms with Crippen LogP contribution in [-0.2, 0) is 4.79 Å². The summed E-state index contributed by atoms with van der Waals surface area (Å²) in [5, 5.41) is 18.7. The Hall–Kier alpha value is -1.43. The number of benzene rings is 1. The molecule has 1 aromatic carbocycles. The maximum absolute atomic E-state index is 12.9. The highest BCUT2D eigenvalue weighted by Crippen LogP contribution is 2.17. The molecule has 2 N–H and O–H groups in total. The highest BCUT2D eigenvalue weighted by atomic mass is 35.5. The van der Waals surface area contributed by atoms with Crippen molar-refractivity contribution in [3.8, 4) is 0 Å². The summed E-state index contributed by atoms with van der Waals surface area (Å²) in [4.78, 5) is 13.1. The van der Waals surface area contributed by atoms with Crippen molar-refractivity contribution in [1.29, 1.82) is 0 Å². The normalized spacial score (nSPS) is 23.3. The zero-order valence-corrected chi connectivity index (χ0v) is 10.7.